The summed E-state index contributed by atoms with van der Waals surface area (Å²) in [5.74, 6) is -1.59. The number of hydrogen-bond acceptors (Lipinski definition) is 4. The first kappa shape index (κ1) is 13.0. The molecule has 0 spiro atoms. The Labute approximate surface area is 113 Å². The van der Waals surface area contributed by atoms with Crippen molar-refractivity contribution in [1.29, 1.82) is 0 Å². The number of anilines is 2. The van der Waals surface area contributed by atoms with Crippen LogP contribution in [-0.2, 0) is 9.59 Å². The van der Waals surface area contributed by atoms with Crippen molar-refractivity contribution in [1.82, 2.24) is 9.97 Å². The Morgan fingerprint density at radius 2 is 1.53 bits per heavy atom. The minimum absolute atomic E-state index is 0.0683. The van der Waals surface area contributed by atoms with Gasteiger partial charge in [0, 0.05) is 23.1 Å². The maximum absolute atomic E-state index is 11.6. The molecule has 0 fully saturated rings. The summed E-state index contributed by atoms with van der Waals surface area (Å²) in [6, 6.07) is 7.99. The van der Waals surface area contributed by atoms with Crippen molar-refractivity contribution in [3.63, 3.8) is 0 Å². The van der Waals surface area contributed by atoms with Gasteiger partial charge in [-0.05, 0) is 30.3 Å². The average Bonchev–Trinajstić information content (AvgIpc) is 2.42. The van der Waals surface area contributed by atoms with Crippen molar-refractivity contribution in [2.45, 2.75) is 0 Å². The van der Waals surface area contributed by atoms with E-state index in [0.717, 1.165) is 0 Å². The number of aromatic nitrogens is 2. The van der Waals surface area contributed by atoms with Crippen LogP contribution < -0.4 is 10.6 Å². The van der Waals surface area contributed by atoms with Crippen LogP contribution >= 0.6 is 11.6 Å². The van der Waals surface area contributed by atoms with Crippen LogP contribution in [-0.4, -0.2) is 21.8 Å². The smallest absolute Gasteiger partial charge is 0.316 e. The third-order valence-corrected chi connectivity index (χ3v) is 2.35. The van der Waals surface area contributed by atoms with Gasteiger partial charge in [-0.25, -0.2) is 9.97 Å². The van der Waals surface area contributed by atoms with Crippen LogP contribution in [0.1, 0.15) is 0 Å². The summed E-state index contributed by atoms with van der Waals surface area (Å²) in [6.07, 6.45) is 2.92. The van der Waals surface area contributed by atoms with Crippen LogP contribution in [0.3, 0.4) is 0 Å². The lowest BCUT2D eigenvalue weighted by molar-refractivity contribution is -0.133. The van der Waals surface area contributed by atoms with Gasteiger partial charge in [-0.15, -0.1) is 0 Å². The lowest BCUT2D eigenvalue weighted by Gasteiger charge is -2.05. The van der Waals surface area contributed by atoms with Gasteiger partial charge < -0.3 is 5.32 Å². The molecule has 2 N–H and O–H groups in total. The second-order valence-electron chi connectivity index (χ2n) is 3.49. The Hall–Kier alpha value is -2.47. The SMILES string of the molecule is O=C(Nc1ccc(Cl)cc1)C(=O)Nc1ncccn1. The van der Waals surface area contributed by atoms with Crippen molar-refractivity contribution in [2.24, 2.45) is 0 Å². The molecule has 2 amide bonds. The molecule has 2 aromatic rings. The Bertz CT molecular complexity index is 586. The van der Waals surface area contributed by atoms with E-state index in [0.29, 0.717) is 10.7 Å². The highest BCUT2D eigenvalue weighted by atomic mass is 35.5. The van der Waals surface area contributed by atoms with Crippen LogP contribution in [0.2, 0.25) is 5.02 Å². The highest BCUT2D eigenvalue weighted by molar-refractivity contribution is 6.43. The first-order valence-electron chi connectivity index (χ1n) is 5.30. The van der Waals surface area contributed by atoms with Crippen LogP contribution in [0.5, 0.6) is 0 Å². The van der Waals surface area contributed by atoms with E-state index in [4.69, 9.17) is 11.6 Å². The molecule has 0 aliphatic rings. The van der Waals surface area contributed by atoms with Crippen molar-refractivity contribution in [3.8, 4) is 0 Å². The summed E-state index contributed by atoms with van der Waals surface area (Å²) in [4.78, 5) is 30.7. The molecule has 1 heterocycles. The lowest BCUT2D eigenvalue weighted by Crippen LogP contribution is -2.29. The summed E-state index contributed by atoms with van der Waals surface area (Å²) in [6.45, 7) is 0. The van der Waals surface area contributed by atoms with E-state index >= 15 is 0 Å². The Morgan fingerprint density at radius 1 is 0.947 bits per heavy atom. The fourth-order valence-corrected chi connectivity index (χ4v) is 1.37. The molecule has 0 saturated carbocycles. The molecule has 19 heavy (non-hydrogen) atoms. The molecule has 0 atom stereocenters. The molecule has 0 aliphatic carbocycles. The number of nitrogens with zero attached hydrogens (tertiary/aromatic N) is 2. The van der Waals surface area contributed by atoms with Crippen molar-refractivity contribution in [3.05, 3.63) is 47.7 Å². The Balaban J connectivity index is 1.96. The summed E-state index contributed by atoms with van der Waals surface area (Å²) < 4.78 is 0. The van der Waals surface area contributed by atoms with Gasteiger partial charge in [-0.3, -0.25) is 14.9 Å². The number of rotatable bonds is 2. The van der Waals surface area contributed by atoms with E-state index < -0.39 is 11.8 Å². The van der Waals surface area contributed by atoms with E-state index in [9.17, 15) is 9.59 Å². The maximum atomic E-state index is 11.6. The van der Waals surface area contributed by atoms with Crippen LogP contribution in [0.4, 0.5) is 11.6 Å². The predicted octanol–water partition coefficient (Wildman–Crippen LogP) is 1.71. The largest absolute Gasteiger partial charge is 0.318 e. The van der Waals surface area contributed by atoms with E-state index in [1.807, 2.05) is 0 Å². The van der Waals surface area contributed by atoms with Gasteiger partial charge in [0.25, 0.3) is 0 Å². The zero-order valence-electron chi connectivity index (χ0n) is 9.63. The Kier molecular flexibility index (Phi) is 4.04. The number of carbonyl (C=O) groups is 2. The van der Waals surface area contributed by atoms with E-state index in [1.165, 1.54) is 12.4 Å². The first-order valence-corrected chi connectivity index (χ1v) is 5.68. The van der Waals surface area contributed by atoms with Crippen LogP contribution in [0.25, 0.3) is 0 Å². The average molecular weight is 277 g/mol. The molecule has 0 aliphatic heterocycles. The van der Waals surface area contributed by atoms with E-state index in [1.54, 1.807) is 30.3 Å². The maximum Gasteiger partial charge on any atom is 0.316 e. The molecule has 6 nitrogen and oxygen atoms in total. The van der Waals surface area contributed by atoms with Gasteiger partial charge >= 0.3 is 11.8 Å². The predicted molar refractivity (Wildman–Crippen MR) is 70.7 cm³/mol. The summed E-state index contributed by atoms with van der Waals surface area (Å²) >= 11 is 5.71. The van der Waals surface area contributed by atoms with E-state index in [2.05, 4.69) is 20.6 Å². The highest BCUT2D eigenvalue weighted by Crippen LogP contribution is 2.13. The molecule has 2 rings (SSSR count). The molecule has 7 heteroatoms. The third kappa shape index (κ3) is 3.75. The normalized spacial score (nSPS) is 9.74. The van der Waals surface area contributed by atoms with E-state index in [-0.39, 0.29) is 5.95 Å². The summed E-state index contributed by atoms with van der Waals surface area (Å²) in [7, 11) is 0. The molecule has 0 radical (unpaired) electrons. The minimum atomic E-state index is -0.846. The van der Waals surface area contributed by atoms with Crippen LogP contribution in [0.15, 0.2) is 42.7 Å². The second-order valence-corrected chi connectivity index (χ2v) is 3.92. The fourth-order valence-electron chi connectivity index (χ4n) is 1.24. The minimum Gasteiger partial charge on any atom is -0.318 e. The summed E-state index contributed by atoms with van der Waals surface area (Å²) in [5.41, 5.74) is 0.471. The van der Waals surface area contributed by atoms with Gasteiger partial charge in [-0.1, -0.05) is 11.6 Å². The van der Waals surface area contributed by atoms with Crippen LogP contribution in [0, 0.1) is 0 Å². The zero-order chi connectivity index (χ0) is 13.7. The molecule has 0 bridgehead atoms. The third-order valence-electron chi connectivity index (χ3n) is 2.10. The molecule has 0 unspecified atom stereocenters. The number of nitrogens with one attached hydrogen (secondary N) is 2. The lowest BCUT2D eigenvalue weighted by atomic mass is 10.3. The topological polar surface area (TPSA) is 84.0 Å². The number of carbonyl (C=O) groups excluding carboxylic acids is 2. The molecule has 1 aromatic heterocycles. The monoisotopic (exact) mass is 276 g/mol. The van der Waals surface area contributed by atoms with Crippen molar-refractivity contribution in [2.75, 3.05) is 10.6 Å². The summed E-state index contributed by atoms with van der Waals surface area (Å²) in [5, 5.41) is 5.24. The number of hydrogen-bond donors (Lipinski definition) is 2. The number of halogens is 1. The fraction of sp³-hybridized carbons (Fsp3) is 0. The highest BCUT2D eigenvalue weighted by Gasteiger charge is 2.14. The van der Waals surface area contributed by atoms with Gasteiger partial charge in [-0.2, -0.15) is 0 Å². The molecule has 96 valence electrons. The zero-order valence-corrected chi connectivity index (χ0v) is 10.4. The van der Waals surface area contributed by atoms with Gasteiger partial charge in [0.15, 0.2) is 0 Å². The molecule has 1 aromatic carbocycles. The first-order chi connectivity index (χ1) is 9.15. The van der Waals surface area contributed by atoms with Gasteiger partial charge in [0.05, 0.1) is 0 Å². The second kappa shape index (κ2) is 5.92. The quantitative estimate of drug-likeness (QED) is 0.818. The Morgan fingerprint density at radius 3 is 2.16 bits per heavy atom. The molecular weight excluding hydrogens is 268 g/mol. The standard InChI is InChI=1S/C12H9ClN4O2/c13-8-2-4-9(5-3-8)16-10(18)11(19)17-12-14-6-1-7-15-12/h1-7H,(H,16,18)(H,14,15,17,19). The molecular formula is C12H9ClN4O2. The number of benzene rings is 1. The van der Waals surface area contributed by atoms with Gasteiger partial charge in [0.1, 0.15) is 0 Å². The van der Waals surface area contributed by atoms with Gasteiger partial charge in [0.2, 0.25) is 5.95 Å². The molecule has 0 saturated heterocycles. The number of amides is 2. The van der Waals surface area contributed by atoms with Crippen molar-refractivity contribution < 1.29 is 9.59 Å². The van der Waals surface area contributed by atoms with Crippen molar-refractivity contribution >= 4 is 35.1 Å².